The molecule has 0 aliphatic rings. The van der Waals surface area contributed by atoms with Gasteiger partial charge in [-0.05, 0) is 6.92 Å². The number of hydrogen-bond acceptors (Lipinski definition) is 2. The van der Waals surface area contributed by atoms with Crippen molar-refractivity contribution in [2.24, 2.45) is 0 Å². The Morgan fingerprint density at radius 3 is 2.00 bits per heavy atom. The van der Waals surface area contributed by atoms with Crippen molar-refractivity contribution in [3.05, 3.63) is 24.3 Å². The smallest absolute Gasteiger partial charge is 0.0555 e. The molecule has 68 valence electrons. The van der Waals surface area contributed by atoms with Crippen molar-refractivity contribution >= 4 is 0 Å². The van der Waals surface area contributed by atoms with Crippen LogP contribution in [0.3, 0.4) is 0 Å². The summed E-state index contributed by atoms with van der Waals surface area (Å²) in [4.78, 5) is 7.74. The quantitative estimate of drug-likeness (QED) is 0.675. The first-order valence-corrected chi connectivity index (χ1v) is 4.53. The minimum absolute atomic E-state index is 0.961. The molecule has 0 atom stereocenters. The molecule has 0 aliphatic carbocycles. The van der Waals surface area contributed by atoms with Crippen molar-refractivity contribution in [1.29, 1.82) is 0 Å². The van der Waals surface area contributed by atoms with Crippen molar-refractivity contribution < 1.29 is 0 Å². The fourth-order valence-electron chi connectivity index (χ4n) is 0.727. The normalized spacial score (nSPS) is 8.58. The van der Waals surface area contributed by atoms with Gasteiger partial charge in [-0.1, -0.05) is 33.1 Å². The van der Waals surface area contributed by atoms with Crippen LogP contribution in [0.1, 0.15) is 38.8 Å². The van der Waals surface area contributed by atoms with E-state index >= 15 is 0 Å². The van der Waals surface area contributed by atoms with E-state index in [2.05, 4.69) is 23.8 Å². The molecule has 1 rings (SSSR count). The SMILES string of the molecule is CCCCC.Cc1cnccn1. The van der Waals surface area contributed by atoms with Crippen LogP contribution in [0.25, 0.3) is 0 Å². The highest BCUT2D eigenvalue weighted by atomic mass is 14.7. The number of nitrogens with zero attached hydrogens (tertiary/aromatic N) is 2. The molecule has 0 saturated heterocycles. The van der Waals surface area contributed by atoms with E-state index in [1.54, 1.807) is 18.6 Å². The van der Waals surface area contributed by atoms with E-state index < -0.39 is 0 Å². The molecule has 0 saturated carbocycles. The summed E-state index contributed by atoms with van der Waals surface area (Å²) in [5, 5.41) is 0. The molecule has 0 aromatic carbocycles. The van der Waals surface area contributed by atoms with Gasteiger partial charge in [0.05, 0.1) is 5.69 Å². The molecule has 2 nitrogen and oxygen atoms in total. The highest BCUT2D eigenvalue weighted by Gasteiger charge is 1.74. The highest BCUT2D eigenvalue weighted by Crippen LogP contribution is 1.88. The van der Waals surface area contributed by atoms with Gasteiger partial charge in [-0.25, -0.2) is 0 Å². The van der Waals surface area contributed by atoms with Crippen LogP contribution < -0.4 is 0 Å². The van der Waals surface area contributed by atoms with Crippen LogP contribution >= 0.6 is 0 Å². The average molecular weight is 166 g/mol. The fourth-order valence-corrected chi connectivity index (χ4v) is 0.727. The number of aromatic nitrogens is 2. The van der Waals surface area contributed by atoms with Gasteiger partial charge in [-0.3, -0.25) is 9.97 Å². The summed E-state index contributed by atoms with van der Waals surface area (Å²) in [7, 11) is 0. The van der Waals surface area contributed by atoms with E-state index in [0.29, 0.717) is 0 Å². The Kier molecular flexibility index (Phi) is 7.55. The highest BCUT2D eigenvalue weighted by molar-refractivity contribution is 4.88. The molecular weight excluding hydrogens is 148 g/mol. The summed E-state index contributed by atoms with van der Waals surface area (Å²) in [6, 6.07) is 0. The lowest BCUT2D eigenvalue weighted by atomic mass is 10.3. The van der Waals surface area contributed by atoms with E-state index in [1.165, 1.54) is 19.3 Å². The van der Waals surface area contributed by atoms with Crippen LogP contribution in [0, 0.1) is 6.92 Å². The van der Waals surface area contributed by atoms with Crippen molar-refractivity contribution in [2.75, 3.05) is 0 Å². The zero-order chi connectivity index (χ0) is 9.23. The predicted octanol–water partition coefficient (Wildman–Crippen LogP) is 2.98. The largest absolute Gasteiger partial charge is 0.261 e. The van der Waals surface area contributed by atoms with Crippen LogP contribution in [0.15, 0.2) is 18.6 Å². The third kappa shape index (κ3) is 7.19. The standard InChI is InChI=1S/C5H6N2.C5H12/c1-5-4-6-2-3-7-5;1-3-5-4-2/h2-4H,1H3;3-5H2,1-2H3. The van der Waals surface area contributed by atoms with Crippen molar-refractivity contribution in [3.8, 4) is 0 Å². The van der Waals surface area contributed by atoms with Gasteiger partial charge in [0.25, 0.3) is 0 Å². The monoisotopic (exact) mass is 166 g/mol. The molecule has 0 bridgehead atoms. The van der Waals surface area contributed by atoms with Crippen molar-refractivity contribution in [3.63, 3.8) is 0 Å². The minimum Gasteiger partial charge on any atom is -0.261 e. The van der Waals surface area contributed by atoms with Crippen molar-refractivity contribution in [1.82, 2.24) is 9.97 Å². The zero-order valence-corrected chi connectivity index (χ0v) is 8.25. The van der Waals surface area contributed by atoms with E-state index in [4.69, 9.17) is 0 Å². The molecule has 12 heavy (non-hydrogen) atoms. The molecule has 0 N–H and O–H groups in total. The molecule has 0 fully saturated rings. The molecule has 0 spiro atoms. The first-order valence-electron chi connectivity index (χ1n) is 4.53. The Morgan fingerprint density at radius 2 is 1.83 bits per heavy atom. The fraction of sp³-hybridized carbons (Fsp3) is 0.600. The lowest BCUT2D eigenvalue weighted by molar-refractivity contribution is 0.772. The van der Waals surface area contributed by atoms with E-state index in [1.807, 2.05) is 6.92 Å². The summed E-state index contributed by atoms with van der Waals surface area (Å²) in [6.07, 6.45) is 9.13. The maximum atomic E-state index is 3.92. The lowest BCUT2D eigenvalue weighted by Crippen LogP contribution is -1.77. The molecule has 0 radical (unpaired) electrons. The van der Waals surface area contributed by atoms with E-state index in [9.17, 15) is 0 Å². The second kappa shape index (κ2) is 8.18. The topological polar surface area (TPSA) is 25.8 Å². The van der Waals surface area contributed by atoms with Gasteiger partial charge in [0.2, 0.25) is 0 Å². The molecule has 1 aromatic heterocycles. The third-order valence-electron chi connectivity index (χ3n) is 1.40. The molecule has 0 amide bonds. The van der Waals surface area contributed by atoms with Crippen LogP contribution in [0.5, 0.6) is 0 Å². The lowest BCUT2D eigenvalue weighted by Gasteiger charge is -1.81. The first-order chi connectivity index (χ1) is 5.81. The molecule has 1 heterocycles. The summed E-state index contributed by atoms with van der Waals surface area (Å²) in [6.45, 7) is 6.33. The van der Waals surface area contributed by atoms with Gasteiger partial charge in [0.15, 0.2) is 0 Å². The second-order valence-electron chi connectivity index (χ2n) is 2.70. The minimum atomic E-state index is 0.961. The molecular formula is C10H18N2. The molecule has 1 aromatic rings. The van der Waals surface area contributed by atoms with Crippen LogP contribution in [-0.2, 0) is 0 Å². The van der Waals surface area contributed by atoms with Crippen molar-refractivity contribution in [2.45, 2.75) is 40.0 Å². The molecule has 0 unspecified atom stereocenters. The predicted molar refractivity (Wildman–Crippen MR) is 52.0 cm³/mol. The van der Waals surface area contributed by atoms with Gasteiger partial charge in [0, 0.05) is 18.6 Å². The number of unbranched alkanes of at least 4 members (excludes halogenated alkanes) is 2. The maximum Gasteiger partial charge on any atom is 0.0555 e. The number of hydrogen-bond donors (Lipinski definition) is 0. The maximum absolute atomic E-state index is 3.92. The van der Waals surface area contributed by atoms with Gasteiger partial charge in [-0.15, -0.1) is 0 Å². The van der Waals surface area contributed by atoms with Crippen LogP contribution in [0.4, 0.5) is 0 Å². The summed E-state index contributed by atoms with van der Waals surface area (Å²) < 4.78 is 0. The first kappa shape index (κ1) is 11.1. The van der Waals surface area contributed by atoms with Gasteiger partial charge in [-0.2, -0.15) is 0 Å². The summed E-state index contributed by atoms with van der Waals surface area (Å²) >= 11 is 0. The number of aryl methyl sites for hydroxylation is 1. The Morgan fingerprint density at radius 1 is 1.17 bits per heavy atom. The van der Waals surface area contributed by atoms with Gasteiger partial charge >= 0.3 is 0 Å². The molecule has 0 aliphatic heterocycles. The average Bonchev–Trinajstić information content (AvgIpc) is 2.08. The molecule has 2 heteroatoms. The third-order valence-corrected chi connectivity index (χ3v) is 1.40. The summed E-state index contributed by atoms with van der Waals surface area (Å²) in [5.41, 5.74) is 0.961. The number of rotatable bonds is 2. The van der Waals surface area contributed by atoms with Gasteiger partial charge in [0.1, 0.15) is 0 Å². The van der Waals surface area contributed by atoms with Gasteiger partial charge < -0.3 is 0 Å². The Hall–Kier alpha value is -0.920. The van der Waals surface area contributed by atoms with E-state index in [0.717, 1.165) is 5.69 Å². The Labute approximate surface area is 75.1 Å². The Bertz CT molecular complexity index is 170. The second-order valence-corrected chi connectivity index (χ2v) is 2.70. The van der Waals surface area contributed by atoms with E-state index in [-0.39, 0.29) is 0 Å². The Balaban J connectivity index is 0.000000217. The zero-order valence-electron chi connectivity index (χ0n) is 8.25. The van der Waals surface area contributed by atoms with Crippen LogP contribution in [0.2, 0.25) is 0 Å². The van der Waals surface area contributed by atoms with Crippen LogP contribution in [-0.4, -0.2) is 9.97 Å². The summed E-state index contributed by atoms with van der Waals surface area (Å²) in [5.74, 6) is 0.